The summed E-state index contributed by atoms with van der Waals surface area (Å²) in [6, 6.07) is 23.0. The van der Waals surface area contributed by atoms with Gasteiger partial charge in [-0.25, -0.2) is 9.59 Å². The van der Waals surface area contributed by atoms with Crippen LogP contribution in [-0.2, 0) is 6.61 Å². The van der Waals surface area contributed by atoms with Crippen LogP contribution in [0.2, 0.25) is 0 Å². The highest BCUT2D eigenvalue weighted by Gasteiger charge is 2.26. The van der Waals surface area contributed by atoms with Crippen molar-refractivity contribution < 1.29 is 34.0 Å². The molecule has 5 N–H and O–H groups in total. The van der Waals surface area contributed by atoms with Gasteiger partial charge in [-0.2, -0.15) is 0 Å². The summed E-state index contributed by atoms with van der Waals surface area (Å²) in [6.07, 6.45) is 0. The normalized spacial score (nSPS) is 10.5. The number of carboxylic acids is 2. The number of aromatic amines is 1. The summed E-state index contributed by atoms with van der Waals surface area (Å²) in [7, 11) is 0. The van der Waals surface area contributed by atoms with E-state index in [9.17, 15) is 24.6 Å². The van der Waals surface area contributed by atoms with Crippen molar-refractivity contribution in [3.05, 3.63) is 106 Å². The molecule has 0 fully saturated rings. The molecule has 4 rings (SSSR count). The molecule has 0 aliphatic carbocycles. The van der Waals surface area contributed by atoms with Gasteiger partial charge < -0.3 is 35.1 Å². The summed E-state index contributed by atoms with van der Waals surface area (Å²) in [5, 5.41) is 19.0. The third-order valence-corrected chi connectivity index (χ3v) is 5.51. The molecule has 10 nitrogen and oxygen atoms in total. The Morgan fingerprint density at radius 1 is 0.711 bits per heavy atom. The summed E-state index contributed by atoms with van der Waals surface area (Å²) in [5.41, 5.74) is 4.44. The lowest BCUT2D eigenvalue weighted by Gasteiger charge is -2.13. The van der Waals surface area contributed by atoms with Crippen molar-refractivity contribution >= 4 is 17.8 Å². The van der Waals surface area contributed by atoms with E-state index in [1.807, 2.05) is 42.5 Å². The fourth-order valence-corrected chi connectivity index (χ4v) is 3.75. The zero-order chi connectivity index (χ0) is 27.1. The van der Waals surface area contributed by atoms with E-state index in [0.29, 0.717) is 18.1 Å². The highest BCUT2D eigenvalue weighted by Crippen LogP contribution is 2.30. The molecule has 0 amide bonds. The number of rotatable bonds is 11. The van der Waals surface area contributed by atoms with Gasteiger partial charge in [0.05, 0.1) is 0 Å². The molecule has 0 spiro atoms. The van der Waals surface area contributed by atoms with Crippen molar-refractivity contribution in [2.45, 2.75) is 6.61 Å². The second kappa shape index (κ2) is 11.7. The van der Waals surface area contributed by atoms with Gasteiger partial charge in [0.2, 0.25) is 0 Å². The summed E-state index contributed by atoms with van der Waals surface area (Å²) in [4.78, 5) is 37.6. The molecule has 0 saturated heterocycles. The Bertz CT molecular complexity index is 1480. The fourth-order valence-electron chi connectivity index (χ4n) is 3.75. The quantitative estimate of drug-likeness (QED) is 0.215. The van der Waals surface area contributed by atoms with E-state index in [1.165, 1.54) is 24.3 Å². The van der Waals surface area contributed by atoms with Crippen molar-refractivity contribution in [1.29, 1.82) is 0 Å². The number of ether oxygens (including phenoxy) is 3. The summed E-state index contributed by atoms with van der Waals surface area (Å²) < 4.78 is 17.1. The molecular weight excluding hydrogens is 492 g/mol. The van der Waals surface area contributed by atoms with Crippen LogP contribution in [0, 0.1) is 0 Å². The predicted octanol–water partition coefficient (Wildman–Crippen LogP) is 4.06. The van der Waals surface area contributed by atoms with E-state index in [-0.39, 0.29) is 24.3 Å². The fraction of sp³-hybridized carbons (Fsp3) is 0.107. The first kappa shape index (κ1) is 25.8. The van der Waals surface area contributed by atoms with Gasteiger partial charge >= 0.3 is 11.9 Å². The van der Waals surface area contributed by atoms with Gasteiger partial charge in [-0.05, 0) is 47.5 Å². The number of nitrogen functional groups attached to an aromatic ring is 1. The summed E-state index contributed by atoms with van der Waals surface area (Å²) in [5.74, 6) is -1.67. The van der Waals surface area contributed by atoms with Crippen LogP contribution >= 0.6 is 0 Å². The third kappa shape index (κ3) is 6.11. The Labute approximate surface area is 216 Å². The van der Waals surface area contributed by atoms with Gasteiger partial charge in [0.25, 0.3) is 5.56 Å². The standard InChI is InChI=1S/C28H24N2O8/c29-25-23(27(32)33)22(24(28(34)35)26(31)30-25)18-6-8-19(9-7-18)36-14-15-37-20-10-12-21(13-11-20)38-16-17-4-2-1-3-5-17/h1-13H,14-16H2,(H,32,33)(H,34,35)(H3,29,30,31). The van der Waals surface area contributed by atoms with Crippen LogP contribution in [-0.4, -0.2) is 40.3 Å². The predicted molar refractivity (Wildman–Crippen MR) is 139 cm³/mol. The number of nitrogens with two attached hydrogens (primary N) is 1. The summed E-state index contributed by atoms with van der Waals surface area (Å²) in [6.45, 7) is 0.935. The van der Waals surface area contributed by atoms with E-state index in [1.54, 1.807) is 12.1 Å². The second-order valence-corrected chi connectivity index (χ2v) is 8.07. The van der Waals surface area contributed by atoms with Crippen LogP contribution in [0.3, 0.4) is 0 Å². The number of carboxylic acid groups (broad SMARTS) is 2. The molecule has 0 bridgehead atoms. The molecule has 38 heavy (non-hydrogen) atoms. The number of H-pyrrole nitrogens is 1. The number of benzene rings is 3. The first-order valence-electron chi connectivity index (χ1n) is 11.5. The average molecular weight is 517 g/mol. The van der Waals surface area contributed by atoms with Gasteiger partial charge in [0.1, 0.15) is 54.0 Å². The van der Waals surface area contributed by atoms with Crippen molar-refractivity contribution in [2.75, 3.05) is 18.9 Å². The maximum Gasteiger partial charge on any atom is 0.342 e. The Morgan fingerprint density at radius 2 is 1.21 bits per heavy atom. The minimum Gasteiger partial charge on any atom is -0.490 e. The number of hydrogen-bond donors (Lipinski definition) is 4. The van der Waals surface area contributed by atoms with Crippen molar-refractivity contribution in [2.24, 2.45) is 0 Å². The zero-order valence-corrected chi connectivity index (χ0v) is 20.0. The molecule has 10 heteroatoms. The van der Waals surface area contributed by atoms with Gasteiger partial charge in [0, 0.05) is 5.56 Å². The maximum absolute atomic E-state index is 12.2. The largest absolute Gasteiger partial charge is 0.490 e. The van der Waals surface area contributed by atoms with E-state index in [2.05, 4.69) is 4.98 Å². The molecule has 194 valence electrons. The number of aromatic nitrogens is 1. The van der Waals surface area contributed by atoms with Gasteiger partial charge in [-0.1, -0.05) is 42.5 Å². The van der Waals surface area contributed by atoms with Gasteiger partial charge in [-0.15, -0.1) is 0 Å². The maximum atomic E-state index is 12.2. The van der Waals surface area contributed by atoms with Crippen LogP contribution in [0.5, 0.6) is 17.2 Å². The molecule has 3 aromatic carbocycles. The molecule has 1 aromatic heterocycles. The Hall–Kier alpha value is -5.25. The number of aromatic carboxylic acids is 2. The van der Waals surface area contributed by atoms with Crippen LogP contribution in [0.25, 0.3) is 11.1 Å². The smallest absolute Gasteiger partial charge is 0.342 e. The van der Waals surface area contributed by atoms with E-state index in [4.69, 9.17) is 19.9 Å². The number of nitrogens with one attached hydrogen (secondary N) is 1. The molecule has 0 aliphatic rings. The minimum absolute atomic E-state index is 0.191. The average Bonchev–Trinajstić information content (AvgIpc) is 2.90. The van der Waals surface area contributed by atoms with Crippen LogP contribution in [0.1, 0.15) is 26.3 Å². The number of anilines is 1. The third-order valence-electron chi connectivity index (χ3n) is 5.51. The monoisotopic (exact) mass is 516 g/mol. The number of pyridine rings is 1. The lowest BCUT2D eigenvalue weighted by atomic mass is 9.95. The van der Waals surface area contributed by atoms with Crippen LogP contribution in [0.15, 0.2) is 83.7 Å². The molecule has 0 aliphatic heterocycles. The number of carbonyl (C=O) groups is 2. The molecule has 0 unspecified atom stereocenters. The first-order chi connectivity index (χ1) is 18.3. The Balaban J connectivity index is 1.34. The number of hydrogen-bond acceptors (Lipinski definition) is 7. The summed E-state index contributed by atoms with van der Waals surface area (Å²) >= 11 is 0. The van der Waals surface area contributed by atoms with Crippen molar-refractivity contribution in [3.8, 4) is 28.4 Å². The van der Waals surface area contributed by atoms with Crippen LogP contribution in [0.4, 0.5) is 5.82 Å². The zero-order valence-electron chi connectivity index (χ0n) is 20.0. The van der Waals surface area contributed by atoms with Crippen molar-refractivity contribution in [1.82, 2.24) is 4.98 Å². The minimum atomic E-state index is -1.57. The van der Waals surface area contributed by atoms with Crippen molar-refractivity contribution in [3.63, 3.8) is 0 Å². The molecule has 0 atom stereocenters. The first-order valence-corrected chi connectivity index (χ1v) is 11.5. The Morgan fingerprint density at radius 3 is 1.74 bits per heavy atom. The Kier molecular flexibility index (Phi) is 7.92. The topological polar surface area (TPSA) is 161 Å². The lowest BCUT2D eigenvalue weighted by molar-refractivity contribution is 0.0695. The highest BCUT2D eigenvalue weighted by atomic mass is 16.5. The second-order valence-electron chi connectivity index (χ2n) is 8.07. The van der Waals surface area contributed by atoms with E-state index in [0.717, 1.165) is 11.3 Å². The molecule has 1 heterocycles. The molecular formula is C28H24N2O8. The molecule has 0 radical (unpaired) electrons. The molecule has 0 saturated carbocycles. The highest BCUT2D eigenvalue weighted by molar-refractivity contribution is 6.07. The van der Waals surface area contributed by atoms with E-state index < -0.39 is 34.4 Å². The van der Waals surface area contributed by atoms with Crippen LogP contribution < -0.4 is 25.5 Å². The lowest BCUT2D eigenvalue weighted by Crippen LogP contribution is -2.24. The van der Waals surface area contributed by atoms with Gasteiger partial charge in [0.15, 0.2) is 0 Å². The molecule has 4 aromatic rings. The van der Waals surface area contributed by atoms with Gasteiger partial charge in [-0.3, -0.25) is 4.79 Å². The van der Waals surface area contributed by atoms with E-state index >= 15 is 0 Å². The SMILES string of the molecule is Nc1[nH]c(=O)c(C(=O)O)c(-c2ccc(OCCOc3ccc(OCc4ccccc4)cc3)cc2)c1C(=O)O.